The van der Waals surface area contributed by atoms with Gasteiger partial charge in [-0.05, 0) is 72.1 Å². The molecule has 0 aliphatic carbocycles. The van der Waals surface area contributed by atoms with Crippen LogP contribution in [-0.4, -0.2) is 59.2 Å². The Morgan fingerprint density at radius 2 is 1.34 bits per heavy atom. The van der Waals surface area contributed by atoms with Crippen molar-refractivity contribution in [3.8, 4) is 0 Å². The Morgan fingerprint density at radius 1 is 0.795 bits per heavy atom. The number of para-hydroxylation sites is 2. The van der Waals surface area contributed by atoms with Crippen molar-refractivity contribution in [2.24, 2.45) is 0 Å². The van der Waals surface area contributed by atoms with Gasteiger partial charge < -0.3 is 14.9 Å². The van der Waals surface area contributed by atoms with E-state index in [0.29, 0.717) is 32.5 Å². The van der Waals surface area contributed by atoms with Crippen molar-refractivity contribution in [1.82, 2.24) is 19.2 Å². The van der Waals surface area contributed by atoms with Gasteiger partial charge in [-0.15, -0.1) is 0 Å². The Balaban J connectivity index is 1.17. The lowest BCUT2D eigenvalue weighted by molar-refractivity contribution is -0.136. The van der Waals surface area contributed by atoms with Crippen LogP contribution in [0.3, 0.4) is 0 Å². The highest BCUT2D eigenvalue weighted by molar-refractivity contribution is 7.89. The van der Waals surface area contributed by atoms with Crippen molar-refractivity contribution in [1.29, 1.82) is 0 Å². The van der Waals surface area contributed by atoms with Crippen molar-refractivity contribution in [2.45, 2.75) is 68.2 Å². The molecule has 228 valence electrons. The van der Waals surface area contributed by atoms with E-state index in [2.05, 4.69) is 79.5 Å². The smallest absolute Gasteiger partial charge is 0.243 e. The van der Waals surface area contributed by atoms with E-state index >= 15 is 0 Å². The molecule has 5 aromatic rings. The lowest BCUT2D eigenvalue weighted by Gasteiger charge is -2.43. The molecule has 0 radical (unpaired) electrons. The van der Waals surface area contributed by atoms with E-state index in [4.69, 9.17) is 0 Å². The van der Waals surface area contributed by atoms with Gasteiger partial charge in [0.2, 0.25) is 15.9 Å². The molecule has 2 saturated heterocycles. The second-order valence-corrected chi connectivity index (χ2v) is 15.3. The summed E-state index contributed by atoms with van der Waals surface area (Å²) in [7, 11) is -3.80. The molecule has 7 rings (SSSR count). The van der Waals surface area contributed by atoms with E-state index in [1.165, 1.54) is 26.2 Å². The van der Waals surface area contributed by atoms with Gasteiger partial charge in [-0.3, -0.25) is 4.79 Å². The van der Waals surface area contributed by atoms with Gasteiger partial charge in [0.15, 0.2) is 0 Å². The first kappa shape index (κ1) is 28.9. The third-order valence-electron chi connectivity index (χ3n) is 9.95. The monoisotopic (exact) mass is 608 g/mol. The molecule has 2 aliphatic heterocycles. The van der Waals surface area contributed by atoms with Gasteiger partial charge in [0.1, 0.15) is 6.04 Å². The number of nitrogens with zero attached hydrogens (tertiary/aromatic N) is 2. The average Bonchev–Trinajstić information content (AvgIpc) is 3.79. The zero-order chi connectivity index (χ0) is 30.7. The fourth-order valence-corrected chi connectivity index (χ4v) is 9.13. The fraction of sp³-hybridized carbons (Fsp3) is 0.361. The number of hydrogen-bond acceptors (Lipinski definition) is 3. The fourth-order valence-electron chi connectivity index (χ4n) is 7.48. The number of carbonyl (C=O) groups is 1. The summed E-state index contributed by atoms with van der Waals surface area (Å²) < 4.78 is 29.1. The minimum Gasteiger partial charge on any atom is -0.361 e. The number of sulfonamides is 1. The van der Waals surface area contributed by atoms with Crippen LogP contribution in [0.5, 0.6) is 0 Å². The topological polar surface area (TPSA) is 89.3 Å². The van der Waals surface area contributed by atoms with Gasteiger partial charge in [0.05, 0.1) is 4.90 Å². The Hall–Kier alpha value is -3.88. The molecule has 3 aromatic carbocycles. The van der Waals surface area contributed by atoms with Gasteiger partial charge in [0.25, 0.3) is 0 Å². The number of H-pyrrole nitrogens is 2. The molecular weight excluding hydrogens is 568 g/mol. The first-order chi connectivity index (χ1) is 21.1. The number of nitrogens with one attached hydrogen (secondary N) is 2. The number of aromatic nitrogens is 2. The van der Waals surface area contributed by atoms with Crippen LogP contribution in [-0.2, 0) is 25.6 Å². The van der Waals surface area contributed by atoms with Crippen LogP contribution in [0.1, 0.15) is 63.1 Å². The molecule has 1 amide bonds. The quantitative estimate of drug-likeness (QED) is 0.233. The molecule has 2 aromatic heterocycles. The molecule has 0 unspecified atom stereocenters. The lowest BCUT2D eigenvalue weighted by atomic mass is 9.68. The van der Waals surface area contributed by atoms with Crippen LogP contribution in [0.25, 0.3) is 21.8 Å². The highest BCUT2D eigenvalue weighted by Crippen LogP contribution is 2.47. The number of carbonyl (C=O) groups excluding carboxylic acids is 1. The summed E-state index contributed by atoms with van der Waals surface area (Å²) >= 11 is 0. The van der Waals surface area contributed by atoms with Crippen molar-refractivity contribution >= 4 is 37.7 Å². The molecule has 8 heteroatoms. The van der Waals surface area contributed by atoms with Gasteiger partial charge in [-0.25, -0.2) is 8.42 Å². The molecule has 44 heavy (non-hydrogen) atoms. The largest absolute Gasteiger partial charge is 0.361 e. The lowest BCUT2D eigenvalue weighted by Crippen LogP contribution is -2.52. The molecular formula is C36H40N4O3S. The number of likely N-dealkylation sites (tertiary alicyclic amines) is 1. The minimum absolute atomic E-state index is 0.0721. The summed E-state index contributed by atoms with van der Waals surface area (Å²) in [5.41, 5.74) is 5.39. The van der Waals surface area contributed by atoms with Crippen molar-refractivity contribution < 1.29 is 13.2 Å². The molecule has 0 saturated carbocycles. The van der Waals surface area contributed by atoms with Gasteiger partial charge in [-0.1, -0.05) is 69.3 Å². The number of rotatable bonds is 5. The van der Waals surface area contributed by atoms with Crippen LogP contribution < -0.4 is 0 Å². The summed E-state index contributed by atoms with van der Waals surface area (Å²) in [6, 6.07) is 23.3. The molecule has 4 heterocycles. The van der Waals surface area contributed by atoms with Gasteiger partial charge in [0, 0.05) is 59.2 Å². The maximum atomic E-state index is 14.1. The van der Waals surface area contributed by atoms with E-state index in [0.717, 1.165) is 29.4 Å². The summed E-state index contributed by atoms with van der Waals surface area (Å²) in [6.07, 6.45) is 7.00. The second kappa shape index (κ2) is 10.6. The van der Waals surface area contributed by atoms with Crippen LogP contribution >= 0.6 is 0 Å². The molecule has 2 fully saturated rings. The van der Waals surface area contributed by atoms with Gasteiger partial charge >= 0.3 is 0 Å². The van der Waals surface area contributed by atoms with E-state index in [9.17, 15) is 13.2 Å². The zero-order valence-electron chi connectivity index (χ0n) is 25.6. The Morgan fingerprint density at radius 3 is 1.89 bits per heavy atom. The van der Waals surface area contributed by atoms with Crippen LogP contribution in [0.4, 0.5) is 0 Å². The Bertz CT molecular complexity index is 1860. The van der Waals surface area contributed by atoms with E-state index in [1.54, 1.807) is 12.1 Å². The Kier molecular flexibility index (Phi) is 6.98. The SMILES string of the molecule is CC(C)(C)c1ccc(S(=O)(=O)N2CCC[C@H]2C(=O)N2CCC(c3c[nH]c4ccccc34)(c3c[nH]c4ccccc34)CC2)cc1. The molecule has 1 atom stereocenters. The minimum atomic E-state index is -3.80. The number of fused-ring (bicyclic) bond motifs is 2. The van der Waals surface area contributed by atoms with Crippen molar-refractivity contribution in [3.63, 3.8) is 0 Å². The predicted molar refractivity (Wildman–Crippen MR) is 175 cm³/mol. The van der Waals surface area contributed by atoms with E-state index in [-0.39, 0.29) is 21.6 Å². The normalized spacial score (nSPS) is 19.6. The maximum absolute atomic E-state index is 14.1. The second-order valence-electron chi connectivity index (χ2n) is 13.5. The Labute approximate surface area is 259 Å². The molecule has 0 spiro atoms. The predicted octanol–water partition coefficient (Wildman–Crippen LogP) is 6.71. The summed E-state index contributed by atoms with van der Waals surface area (Å²) in [6.45, 7) is 7.80. The summed E-state index contributed by atoms with van der Waals surface area (Å²) in [5, 5.41) is 2.39. The number of amides is 1. The standard InChI is InChI=1S/C36H40N4O3S/c1-35(2,3)25-14-16-26(17-15-25)44(42,43)40-20-8-13-33(40)34(41)39-21-18-36(19-22-39,29-23-37-31-11-6-4-9-27(29)31)30-24-38-32-12-7-5-10-28(30)32/h4-7,9-12,14-17,23-24,33,37-38H,8,13,18-22H2,1-3H3/t33-/m0/s1. The first-order valence-corrected chi connectivity index (χ1v) is 17.1. The molecule has 2 aliphatic rings. The molecule has 0 bridgehead atoms. The third kappa shape index (κ3) is 4.66. The van der Waals surface area contributed by atoms with Gasteiger partial charge in [-0.2, -0.15) is 4.31 Å². The highest BCUT2D eigenvalue weighted by atomic mass is 32.2. The van der Waals surface area contributed by atoms with E-state index < -0.39 is 16.1 Å². The number of hydrogen-bond donors (Lipinski definition) is 2. The van der Waals surface area contributed by atoms with Crippen molar-refractivity contribution in [3.05, 3.63) is 102 Å². The highest BCUT2D eigenvalue weighted by Gasteiger charge is 2.46. The maximum Gasteiger partial charge on any atom is 0.243 e. The summed E-state index contributed by atoms with van der Waals surface area (Å²) in [5.74, 6) is -0.0798. The van der Waals surface area contributed by atoms with Crippen molar-refractivity contribution in [2.75, 3.05) is 19.6 Å². The third-order valence-corrected chi connectivity index (χ3v) is 11.9. The number of aromatic amines is 2. The average molecular weight is 609 g/mol. The van der Waals surface area contributed by atoms with Crippen LogP contribution in [0, 0.1) is 0 Å². The summed E-state index contributed by atoms with van der Waals surface area (Å²) in [4.78, 5) is 23.2. The molecule has 2 N–H and O–H groups in total. The zero-order valence-corrected chi connectivity index (χ0v) is 26.5. The number of piperidine rings is 1. The van der Waals surface area contributed by atoms with Crippen LogP contribution in [0.2, 0.25) is 0 Å². The van der Waals surface area contributed by atoms with E-state index in [1.807, 2.05) is 29.2 Å². The molecule has 7 nitrogen and oxygen atoms in total. The van der Waals surface area contributed by atoms with Crippen LogP contribution in [0.15, 0.2) is 90.1 Å². The first-order valence-electron chi connectivity index (χ1n) is 15.6. The number of benzene rings is 3.